The third-order valence-corrected chi connectivity index (χ3v) is 4.32. The molecule has 0 N–H and O–H groups in total. The zero-order valence-corrected chi connectivity index (χ0v) is 15.6. The van der Waals surface area contributed by atoms with Crippen LogP contribution >= 0.6 is 15.9 Å². The Bertz CT molecular complexity index is 1010. The lowest BCUT2D eigenvalue weighted by atomic mass is 10.1. The van der Waals surface area contributed by atoms with Gasteiger partial charge in [-0.05, 0) is 36.4 Å². The van der Waals surface area contributed by atoms with Gasteiger partial charge in [0.15, 0.2) is 5.65 Å². The standard InChI is InChI=1S/C18H16BrN3O3/c1-21(2)17(23)14-15(25-3)13-5-4-10-20-16(13)22(18(14)24)12-8-6-11(19)7-9-12/h4-10H,1-3H3. The van der Waals surface area contributed by atoms with Crippen LogP contribution in [0, 0.1) is 0 Å². The van der Waals surface area contributed by atoms with Gasteiger partial charge in [-0.3, -0.25) is 14.2 Å². The maximum atomic E-state index is 13.2. The zero-order chi connectivity index (χ0) is 18.1. The third-order valence-electron chi connectivity index (χ3n) is 3.80. The number of ether oxygens (including phenoxy) is 1. The molecule has 128 valence electrons. The first kappa shape index (κ1) is 17.2. The number of methoxy groups -OCH3 is 1. The summed E-state index contributed by atoms with van der Waals surface area (Å²) in [5.74, 6) is -0.182. The maximum Gasteiger partial charge on any atom is 0.273 e. The molecule has 0 spiro atoms. The Morgan fingerprint density at radius 2 is 1.88 bits per heavy atom. The summed E-state index contributed by atoms with van der Waals surface area (Å²) >= 11 is 3.38. The van der Waals surface area contributed by atoms with Gasteiger partial charge in [-0.2, -0.15) is 0 Å². The highest BCUT2D eigenvalue weighted by Crippen LogP contribution is 2.28. The summed E-state index contributed by atoms with van der Waals surface area (Å²) in [4.78, 5) is 31.5. The first-order valence-corrected chi connectivity index (χ1v) is 8.30. The summed E-state index contributed by atoms with van der Waals surface area (Å²) in [5.41, 5.74) is 0.564. The Labute approximate surface area is 152 Å². The Kier molecular flexibility index (Phi) is 4.59. The molecule has 0 aliphatic carbocycles. The third kappa shape index (κ3) is 2.91. The van der Waals surface area contributed by atoms with Crippen LogP contribution in [0.3, 0.4) is 0 Å². The molecule has 0 saturated carbocycles. The average molecular weight is 402 g/mol. The Balaban J connectivity index is 2.48. The van der Waals surface area contributed by atoms with Crippen LogP contribution in [0.25, 0.3) is 16.7 Å². The van der Waals surface area contributed by atoms with Crippen LogP contribution in [-0.4, -0.2) is 41.6 Å². The summed E-state index contributed by atoms with van der Waals surface area (Å²) in [6.07, 6.45) is 1.60. The number of aromatic nitrogens is 2. The van der Waals surface area contributed by atoms with E-state index in [0.29, 0.717) is 16.7 Å². The minimum Gasteiger partial charge on any atom is -0.495 e. The van der Waals surface area contributed by atoms with Crippen LogP contribution in [0.5, 0.6) is 5.75 Å². The number of pyridine rings is 2. The van der Waals surface area contributed by atoms with Crippen molar-refractivity contribution in [3.63, 3.8) is 0 Å². The molecule has 3 aromatic rings. The maximum absolute atomic E-state index is 13.2. The largest absolute Gasteiger partial charge is 0.495 e. The minimum absolute atomic E-state index is 0.0177. The molecule has 0 radical (unpaired) electrons. The van der Waals surface area contributed by atoms with Gasteiger partial charge in [0.05, 0.1) is 18.2 Å². The van der Waals surface area contributed by atoms with E-state index >= 15 is 0 Å². The molecule has 0 aliphatic rings. The van der Waals surface area contributed by atoms with Crippen molar-refractivity contribution in [1.29, 1.82) is 0 Å². The molecular weight excluding hydrogens is 386 g/mol. The molecule has 2 aromatic heterocycles. The molecule has 1 amide bonds. The first-order valence-electron chi connectivity index (χ1n) is 7.51. The zero-order valence-electron chi connectivity index (χ0n) is 14.0. The van der Waals surface area contributed by atoms with Gasteiger partial charge in [-0.25, -0.2) is 4.98 Å². The van der Waals surface area contributed by atoms with E-state index < -0.39 is 11.5 Å². The number of nitrogens with zero attached hydrogens (tertiary/aromatic N) is 3. The van der Waals surface area contributed by atoms with Gasteiger partial charge in [0, 0.05) is 24.8 Å². The number of carbonyl (C=O) groups is 1. The predicted molar refractivity (Wildman–Crippen MR) is 99.6 cm³/mol. The second-order valence-electron chi connectivity index (χ2n) is 5.60. The van der Waals surface area contributed by atoms with Crippen LogP contribution in [0.2, 0.25) is 0 Å². The van der Waals surface area contributed by atoms with Crippen LogP contribution in [0.15, 0.2) is 51.9 Å². The monoisotopic (exact) mass is 401 g/mol. The van der Waals surface area contributed by atoms with Crippen LogP contribution in [-0.2, 0) is 0 Å². The van der Waals surface area contributed by atoms with Gasteiger partial charge in [0.2, 0.25) is 0 Å². The lowest BCUT2D eigenvalue weighted by Gasteiger charge is -2.18. The number of hydrogen-bond donors (Lipinski definition) is 0. The highest BCUT2D eigenvalue weighted by Gasteiger charge is 2.25. The number of hydrogen-bond acceptors (Lipinski definition) is 4. The molecular formula is C18H16BrN3O3. The molecule has 0 aliphatic heterocycles. The molecule has 3 rings (SSSR count). The fourth-order valence-corrected chi connectivity index (χ4v) is 2.91. The molecule has 0 fully saturated rings. The van der Waals surface area contributed by atoms with Crippen molar-refractivity contribution in [3.8, 4) is 11.4 Å². The smallest absolute Gasteiger partial charge is 0.273 e. The normalized spacial score (nSPS) is 10.7. The quantitative estimate of drug-likeness (QED) is 0.676. The fourth-order valence-electron chi connectivity index (χ4n) is 2.65. The van der Waals surface area contributed by atoms with Crippen molar-refractivity contribution < 1.29 is 9.53 Å². The summed E-state index contributed by atoms with van der Waals surface area (Å²) in [5, 5.41) is 0.595. The number of halogens is 1. The van der Waals surface area contributed by atoms with Gasteiger partial charge in [-0.15, -0.1) is 0 Å². The van der Waals surface area contributed by atoms with E-state index in [4.69, 9.17) is 4.74 Å². The van der Waals surface area contributed by atoms with Gasteiger partial charge >= 0.3 is 0 Å². The lowest BCUT2D eigenvalue weighted by molar-refractivity contribution is 0.0822. The minimum atomic E-state index is -0.468. The topological polar surface area (TPSA) is 64.4 Å². The van der Waals surface area contributed by atoms with Gasteiger partial charge < -0.3 is 9.64 Å². The molecule has 6 nitrogen and oxygen atoms in total. The first-order chi connectivity index (χ1) is 12.0. The summed E-state index contributed by atoms with van der Waals surface area (Å²) in [6, 6.07) is 10.8. The van der Waals surface area contributed by atoms with E-state index in [1.54, 1.807) is 44.6 Å². The highest BCUT2D eigenvalue weighted by atomic mass is 79.9. The Morgan fingerprint density at radius 1 is 1.20 bits per heavy atom. The second-order valence-corrected chi connectivity index (χ2v) is 6.52. The van der Waals surface area contributed by atoms with E-state index in [1.807, 2.05) is 12.1 Å². The number of benzene rings is 1. The van der Waals surface area contributed by atoms with Gasteiger partial charge in [-0.1, -0.05) is 15.9 Å². The van der Waals surface area contributed by atoms with Crippen LogP contribution in [0.1, 0.15) is 10.4 Å². The van der Waals surface area contributed by atoms with Crippen LogP contribution in [0.4, 0.5) is 0 Å². The molecule has 0 unspecified atom stereocenters. The fraction of sp³-hybridized carbons (Fsp3) is 0.167. The summed E-state index contributed by atoms with van der Waals surface area (Å²) in [7, 11) is 4.63. The number of amides is 1. The van der Waals surface area contributed by atoms with E-state index in [-0.39, 0.29) is 11.3 Å². The van der Waals surface area contributed by atoms with Crippen molar-refractivity contribution in [2.75, 3.05) is 21.2 Å². The summed E-state index contributed by atoms with van der Waals surface area (Å²) < 4.78 is 7.73. The molecule has 0 bridgehead atoms. The average Bonchev–Trinajstić information content (AvgIpc) is 2.61. The predicted octanol–water partition coefficient (Wildman–Crippen LogP) is 2.86. The van der Waals surface area contributed by atoms with E-state index in [9.17, 15) is 9.59 Å². The Morgan fingerprint density at radius 3 is 2.48 bits per heavy atom. The number of fused-ring (bicyclic) bond motifs is 1. The number of rotatable bonds is 3. The van der Waals surface area contributed by atoms with E-state index in [1.165, 1.54) is 16.6 Å². The van der Waals surface area contributed by atoms with Crippen molar-refractivity contribution >= 4 is 32.9 Å². The molecule has 25 heavy (non-hydrogen) atoms. The second kappa shape index (κ2) is 6.68. The van der Waals surface area contributed by atoms with Gasteiger partial charge in [0.25, 0.3) is 11.5 Å². The van der Waals surface area contributed by atoms with Gasteiger partial charge in [0.1, 0.15) is 11.3 Å². The highest BCUT2D eigenvalue weighted by molar-refractivity contribution is 9.10. The number of carbonyl (C=O) groups excluding carboxylic acids is 1. The molecule has 0 atom stereocenters. The summed E-state index contributed by atoms with van der Waals surface area (Å²) in [6.45, 7) is 0. The Hall–Kier alpha value is -2.67. The van der Waals surface area contributed by atoms with Crippen LogP contribution < -0.4 is 10.3 Å². The van der Waals surface area contributed by atoms with Crippen molar-refractivity contribution in [3.05, 3.63) is 63.0 Å². The lowest BCUT2D eigenvalue weighted by Crippen LogP contribution is -2.33. The van der Waals surface area contributed by atoms with E-state index in [2.05, 4.69) is 20.9 Å². The SMILES string of the molecule is COc1c(C(=O)N(C)C)c(=O)n(-c2ccc(Br)cc2)c2ncccc12. The van der Waals surface area contributed by atoms with Crippen molar-refractivity contribution in [1.82, 2.24) is 14.5 Å². The van der Waals surface area contributed by atoms with E-state index in [0.717, 1.165) is 4.47 Å². The molecule has 2 heterocycles. The molecule has 7 heteroatoms. The molecule has 0 saturated heterocycles. The van der Waals surface area contributed by atoms with Crippen molar-refractivity contribution in [2.45, 2.75) is 0 Å². The molecule has 1 aromatic carbocycles. The van der Waals surface area contributed by atoms with Crippen molar-refractivity contribution in [2.24, 2.45) is 0 Å².